The van der Waals surface area contributed by atoms with Gasteiger partial charge in [-0.25, -0.2) is 9.97 Å². The zero-order valence-corrected chi connectivity index (χ0v) is 13.1. The van der Waals surface area contributed by atoms with Crippen molar-refractivity contribution >= 4 is 5.82 Å². The van der Waals surface area contributed by atoms with Gasteiger partial charge < -0.3 is 10.1 Å². The molecule has 5 heteroatoms. The largest absolute Gasteiger partial charge is 0.378 e. The normalized spacial score (nSPS) is 19.0. The summed E-state index contributed by atoms with van der Waals surface area (Å²) in [7, 11) is 0. The quantitative estimate of drug-likeness (QED) is 0.895. The maximum atomic E-state index is 5.56. The highest BCUT2D eigenvalue weighted by atomic mass is 16.5. The van der Waals surface area contributed by atoms with E-state index in [1.165, 1.54) is 0 Å². The van der Waals surface area contributed by atoms with E-state index in [9.17, 15) is 0 Å². The van der Waals surface area contributed by atoms with E-state index in [1.807, 2.05) is 13.0 Å². The topological polar surface area (TPSA) is 50.3 Å². The number of ether oxygens (including phenoxy) is 1. The minimum absolute atomic E-state index is 0.0440. The van der Waals surface area contributed by atoms with Crippen molar-refractivity contribution in [1.82, 2.24) is 14.9 Å². The van der Waals surface area contributed by atoms with Crippen LogP contribution in [0.25, 0.3) is 0 Å². The highest BCUT2D eigenvalue weighted by Gasteiger charge is 2.30. The third-order valence-electron chi connectivity index (χ3n) is 3.61. The Labute approximate surface area is 121 Å². The lowest BCUT2D eigenvalue weighted by Gasteiger charge is -2.41. The van der Waals surface area contributed by atoms with Crippen LogP contribution in [-0.4, -0.2) is 46.7 Å². The van der Waals surface area contributed by atoms with Crippen molar-refractivity contribution in [1.29, 1.82) is 0 Å². The average molecular weight is 278 g/mol. The first kappa shape index (κ1) is 15.2. The number of hydrogen-bond donors (Lipinski definition) is 1. The van der Waals surface area contributed by atoms with E-state index in [1.54, 1.807) is 0 Å². The highest BCUT2D eigenvalue weighted by molar-refractivity contribution is 5.35. The monoisotopic (exact) mass is 278 g/mol. The lowest BCUT2D eigenvalue weighted by atomic mass is 10.0. The fraction of sp³-hybridized carbons (Fsp3) is 0.733. The predicted molar refractivity (Wildman–Crippen MR) is 80.9 cm³/mol. The fourth-order valence-electron chi connectivity index (χ4n) is 2.40. The van der Waals surface area contributed by atoms with E-state index in [2.05, 4.69) is 41.0 Å². The second-order valence-electron chi connectivity index (χ2n) is 6.02. The molecule has 2 heterocycles. The fourth-order valence-corrected chi connectivity index (χ4v) is 2.40. The van der Waals surface area contributed by atoms with Crippen LogP contribution >= 0.6 is 0 Å². The summed E-state index contributed by atoms with van der Waals surface area (Å²) in [5.74, 6) is 1.82. The van der Waals surface area contributed by atoms with E-state index >= 15 is 0 Å². The second kappa shape index (κ2) is 6.50. The first-order valence-electron chi connectivity index (χ1n) is 7.42. The molecule has 1 N–H and O–H groups in total. The molecule has 1 fully saturated rings. The standard InChI is InChI=1S/C15H26N4O/c1-5-6-16-13-9-12(2)17-14(18-13)10-19-7-8-20-11-15(19,3)4/h9H,5-8,10-11H2,1-4H3,(H,16,17,18). The summed E-state index contributed by atoms with van der Waals surface area (Å²) in [4.78, 5) is 11.6. The molecule has 0 unspecified atom stereocenters. The van der Waals surface area contributed by atoms with E-state index in [-0.39, 0.29) is 5.54 Å². The average Bonchev–Trinajstić information content (AvgIpc) is 2.38. The molecule has 1 aliphatic rings. The number of nitrogens with one attached hydrogen (secondary N) is 1. The summed E-state index contributed by atoms with van der Waals surface area (Å²) in [6.07, 6.45) is 1.09. The predicted octanol–water partition coefficient (Wildman–Crippen LogP) is 2.22. The van der Waals surface area contributed by atoms with Crippen LogP contribution in [0.15, 0.2) is 6.07 Å². The smallest absolute Gasteiger partial charge is 0.144 e. The minimum Gasteiger partial charge on any atom is -0.378 e. The van der Waals surface area contributed by atoms with Crippen molar-refractivity contribution in [3.63, 3.8) is 0 Å². The van der Waals surface area contributed by atoms with Crippen LogP contribution < -0.4 is 5.32 Å². The van der Waals surface area contributed by atoms with Gasteiger partial charge in [-0.15, -0.1) is 0 Å². The first-order chi connectivity index (χ1) is 9.51. The van der Waals surface area contributed by atoms with Gasteiger partial charge in [-0.3, -0.25) is 4.90 Å². The molecule has 20 heavy (non-hydrogen) atoms. The van der Waals surface area contributed by atoms with E-state index < -0.39 is 0 Å². The zero-order chi connectivity index (χ0) is 14.6. The van der Waals surface area contributed by atoms with E-state index in [0.29, 0.717) is 0 Å². The van der Waals surface area contributed by atoms with Gasteiger partial charge in [0, 0.05) is 30.4 Å². The molecule has 0 bridgehead atoms. The molecule has 1 aromatic rings. The molecular weight excluding hydrogens is 252 g/mol. The van der Waals surface area contributed by atoms with Crippen molar-refractivity contribution in [3.8, 4) is 0 Å². The van der Waals surface area contributed by atoms with Crippen molar-refractivity contribution in [3.05, 3.63) is 17.6 Å². The minimum atomic E-state index is 0.0440. The molecule has 112 valence electrons. The third kappa shape index (κ3) is 3.90. The Morgan fingerprint density at radius 3 is 2.90 bits per heavy atom. The molecule has 2 rings (SSSR count). The van der Waals surface area contributed by atoms with Crippen LogP contribution in [0.2, 0.25) is 0 Å². The number of hydrogen-bond acceptors (Lipinski definition) is 5. The van der Waals surface area contributed by atoms with Gasteiger partial charge in [-0.05, 0) is 27.2 Å². The van der Waals surface area contributed by atoms with Crippen LogP contribution in [0.3, 0.4) is 0 Å². The summed E-state index contributed by atoms with van der Waals surface area (Å²) in [6, 6.07) is 2.00. The molecule has 0 spiro atoms. The van der Waals surface area contributed by atoms with Crippen molar-refractivity contribution in [2.24, 2.45) is 0 Å². The van der Waals surface area contributed by atoms with Crippen LogP contribution in [0, 0.1) is 6.92 Å². The van der Waals surface area contributed by atoms with E-state index in [4.69, 9.17) is 4.74 Å². The van der Waals surface area contributed by atoms with Crippen LogP contribution in [-0.2, 0) is 11.3 Å². The van der Waals surface area contributed by atoms with Crippen LogP contribution in [0.4, 0.5) is 5.82 Å². The van der Waals surface area contributed by atoms with Gasteiger partial charge >= 0.3 is 0 Å². The molecule has 0 amide bonds. The maximum absolute atomic E-state index is 5.56. The number of rotatable bonds is 5. The second-order valence-corrected chi connectivity index (χ2v) is 6.02. The molecular formula is C15H26N4O. The van der Waals surface area contributed by atoms with Gasteiger partial charge in [0.05, 0.1) is 19.8 Å². The molecule has 0 aromatic carbocycles. The Morgan fingerprint density at radius 2 is 2.20 bits per heavy atom. The maximum Gasteiger partial charge on any atom is 0.144 e. The number of aryl methyl sites for hydroxylation is 1. The number of aromatic nitrogens is 2. The summed E-state index contributed by atoms with van der Waals surface area (Å²) in [5.41, 5.74) is 1.06. The molecule has 0 saturated carbocycles. The Hall–Kier alpha value is -1.20. The summed E-state index contributed by atoms with van der Waals surface area (Å²) in [6.45, 7) is 12.8. The molecule has 0 atom stereocenters. The lowest BCUT2D eigenvalue weighted by molar-refractivity contribution is -0.0563. The summed E-state index contributed by atoms with van der Waals surface area (Å²) >= 11 is 0. The molecule has 0 radical (unpaired) electrons. The Balaban J connectivity index is 2.09. The third-order valence-corrected chi connectivity index (χ3v) is 3.61. The molecule has 1 aliphatic heterocycles. The van der Waals surface area contributed by atoms with E-state index in [0.717, 1.165) is 56.6 Å². The lowest BCUT2D eigenvalue weighted by Crippen LogP contribution is -2.52. The molecule has 5 nitrogen and oxygen atoms in total. The molecule has 0 aliphatic carbocycles. The summed E-state index contributed by atoms with van der Waals surface area (Å²) < 4.78 is 5.56. The van der Waals surface area contributed by atoms with Gasteiger partial charge in [-0.1, -0.05) is 6.92 Å². The van der Waals surface area contributed by atoms with Crippen molar-refractivity contribution < 1.29 is 4.74 Å². The van der Waals surface area contributed by atoms with Crippen LogP contribution in [0.5, 0.6) is 0 Å². The SMILES string of the molecule is CCCNc1cc(C)nc(CN2CCOCC2(C)C)n1. The zero-order valence-electron chi connectivity index (χ0n) is 13.1. The van der Waals surface area contributed by atoms with Gasteiger partial charge in [0.2, 0.25) is 0 Å². The van der Waals surface area contributed by atoms with Crippen LogP contribution in [0.1, 0.15) is 38.7 Å². The number of anilines is 1. The number of nitrogens with zero attached hydrogens (tertiary/aromatic N) is 3. The Bertz CT molecular complexity index is 447. The van der Waals surface area contributed by atoms with Crippen molar-refractivity contribution in [2.45, 2.75) is 46.2 Å². The molecule has 1 aromatic heterocycles. The molecule has 1 saturated heterocycles. The summed E-state index contributed by atoms with van der Waals surface area (Å²) in [5, 5.41) is 3.34. The van der Waals surface area contributed by atoms with Gasteiger partial charge in [0.1, 0.15) is 11.6 Å². The Morgan fingerprint density at radius 1 is 1.40 bits per heavy atom. The van der Waals surface area contributed by atoms with Gasteiger partial charge in [0.15, 0.2) is 0 Å². The highest BCUT2D eigenvalue weighted by Crippen LogP contribution is 2.21. The Kier molecular flexibility index (Phi) is 4.94. The first-order valence-corrected chi connectivity index (χ1v) is 7.42. The van der Waals surface area contributed by atoms with Gasteiger partial charge in [-0.2, -0.15) is 0 Å². The van der Waals surface area contributed by atoms with Crippen molar-refractivity contribution in [2.75, 3.05) is 31.6 Å². The van der Waals surface area contributed by atoms with Gasteiger partial charge in [0.25, 0.3) is 0 Å². The number of morpholine rings is 1.